The first-order chi connectivity index (χ1) is 8.08. The summed E-state index contributed by atoms with van der Waals surface area (Å²) in [5, 5.41) is 4.99. The fourth-order valence-corrected chi connectivity index (χ4v) is 1.18. The fraction of sp³-hybridized carbons (Fsp3) is 0.300. The van der Waals surface area contributed by atoms with Crippen LogP contribution in [0.1, 0.15) is 17.3 Å². The molecular weight excluding hydrogens is 222 g/mol. The Morgan fingerprint density at radius 1 is 1.41 bits per heavy atom. The lowest BCUT2D eigenvalue weighted by molar-refractivity contribution is -0.122. The topological polar surface area (TPSA) is 109 Å². The van der Waals surface area contributed by atoms with Crippen LogP contribution in [-0.4, -0.2) is 29.9 Å². The Hall–Kier alpha value is -2.15. The number of nitrogen functional groups attached to an aromatic ring is 1. The molecule has 0 aliphatic carbocycles. The minimum Gasteiger partial charge on any atom is -0.357 e. The first-order valence-electron chi connectivity index (χ1n) is 5.03. The van der Waals surface area contributed by atoms with Gasteiger partial charge in [0.05, 0.1) is 5.56 Å². The third-order valence-corrected chi connectivity index (χ3v) is 2.16. The molecule has 1 rings (SSSR count). The van der Waals surface area contributed by atoms with Crippen molar-refractivity contribution in [1.82, 2.24) is 15.6 Å². The lowest BCUT2D eigenvalue weighted by atomic mass is 10.2. The number of amides is 2. The maximum absolute atomic E-state index is 11.7. The molecule has 7 nitrogen and oxygen atoms in total. The highest BCUT2D eigenvalue weighted by molar-refractivity contribution is 5.97. The molecule has 0 saturated heterocycles. The van der Waals surface area contributed by atoms with Gasteiger partial charge in [-0.05, 0) is 19.1 Å². The van der Waals surface area contributed by atoms with Crippen LogP contribution < -0.4 is 21.9 Å². The Labute approximate surface area is 98.8 Å². The van der Waals surface area contributed by atoms with Crippen molar-refractivity contribution in [3.63, 3.8) is 0 Å². The molecule has 1 atom stereocenters. The maximum atomic E-state index is 11.7. The van der Waals surface area contributed by atoms with E-state index in [1.165, 1.54) is 13.2 Å². The molecule has 1 unspecified atom stereocenters. The van der Waals surface area contributed by atoms with Gasteiger partial charge in [0, 0.05) is 13.2 Å². The van der Waals surface area contributed by atoms with Crippen LogP contribution in [0.2, 0.25) is 0 Å². The number of hydrogen-bond acceptors (Lipinski definition) is 5. The molecule has 0 aliphatic rings. The standard InChI is InChI=1S/C10H15N5O2/c1-6(9(16)12-2)14-10(17)7-3-4-8(15-11)13-5-7/h3-6H,11H2,1-2H3,(H,12,16)(H,13,15)(H,14,17). The van der Waals surface area contributed by atoms with E-state index in [4.69, 9.17) is 5.84 Å². The van der Waals surface area contributed by atoms with Crippen molar-refractivity contribution in [2.45, 2.75) is 13.0 Å². The highest BCUT2D eigenvalue weighted by Gasteiger charge is 2.15. The lowest BCUT2D eigenvalue weighted by Crippen LogP contribution is -2.43. The average Bonchev–Trinajstić information content (AvgIpc) is 2.37. The number of nitrogens with zero attached hydrogens (tertiary/aromatic N) is 1. The molecule has 1 aromatic heterocycles. The SMILES string of the molecule is CNC(=O)C(C)NC(=O)c1ccc(NN)nc1. The third kappa shape index (κ3) is 3.42. The second-order valence-corrected chi connectivity index (χ2v) is 3.39. The van der Waals surface area contributed by atoms with E-state index in [0.717, 1.165) is 0 Å². The van der Waals surface area contributed by atoms with E-state index in [-0.39, 0.29) is 11.8 Å². The van der Waals surface area contributed by atoms with Gasteiger partial charge in [-0.3, -0.25) is 9.59 Å². The number of anilines is 1. The zero-order valence-corrected chi connectivity index (χ0v) is 9.65. The van der Waals surface area contributed by atoms with Gasteiger partial charge >= 0.3 is 0 Å². The van der Waals surface area contributed by atoms with E-state index >= 15 is 0 Å². The lowest BCUT2D eigenvalue weighted by Gasteiger charge is -2.12. The summed E-state index contributed by atoms with van der Waals surface area (Å²) in [5.41, 5.74) is 2.72. The van der Waals surface area contributed by atoms with Crippen LogP contribution in [0.3, 0.4) is 0 Å². The molecule has 0 saturated carbocycles. The smallest absolute Gasteiger partial charge is 0.253 e. The number of pyridine rings is 1. The molecule has 17 heavy (non-hydrogen) atoms. The van der Waals surface area contributed by atoms with Crippen LogP contribution in [0, 0.1) is 0 Å². The summed E-state index contributed by atoms with van der Waals surface area (Å²) in [6, 6.07) is 2.54. The van der Waals surface area contributed by atoms with Gasteiger partial charge in [-0.1, -0.05) is 0 Å². The second-order valence-electron chi connectivity index (χ2n) is 3.39. The van der Waals surface area contributed by atoms with Crippen LogP contribution in [0.5, 0.6) is 0 Å². The van der Waals surface area contributed by atoms with Gasteiger partial charge < -0.3 is 16.1 Å². The van der Waals surface area contributed by atoms with Crippen molar-refractivity contribution in [1.29, 1.82) is 0 Å². The first-order valence-corrected chi connectivity index (χ1v) is 5.03. The number of nitrogens with one attached hydrogen (secondary N) is 3. The monoisotopic (exact) mass is 237 g/mol. The van der Waals surface area contributed by atoms with Crippen molar-refractivity contribution < 1.29 is 9.59 Å². The van der Waals surface area contributed by atoms with Gasteiger partial charge in [0.25, 0.3) is 5.91 Å². The first kappa shape index (κ1) is 12.9. The van der Waals surface area contributed by atoms with E-state index in [0.29, 0.717) is 11.4 Å². The molecule has 5 N–H and O–H groups in total. The van der Waals surface area contributed by atoms with Crippen molar-refractivity contribution >= 4 is 17.6 Å². The quantitative estimate of drug-likeness (QED) is 0.406. The number of carbonyl (C=O) groups is 2. The zero-order chi connectivity index (χ0) is 12.8. The summed E-state index contributed by atoms with van der Waals surface area (Å²) >= 11 is 0. The van der Waals surface area contributed by atoms with Crippen LogP contribution in [-0.2, 0) is 4.79 Å². The predicted octanol–water partition coefficient (Wildman–Crippen LogP) is -0.768. The van der Waals surface area contributed by atoms with Gasteiger partial charge in [-0.25, -0.2) is 10.8 Å². The number of hydrazine groups is 1. The number of rotatable bonds is 4. The molecule has 1 aromatic rings. The van der Waals surface area contributed by atoms with Crippen molar-refractivity contribution in [2.24, 2.45) is 5.84 Å². The molecule has 2 amide bonds. The summed E-state index contributed by atoms with van der Waals surface area (Å²) in [6.45, 7) is 1.60. The number of likely N-dealkylation sites (N-methyl/N-ethyl adjacent to an activating group) is 1. The fourth-order valence-electron chi connectivity index (χ4n) is 1.18. The maximum Gasteiger partial charge on any atom is 0.253 e. The number of hydrogen-bond donors (Lipinski definition) is 4. The van der Waals surface area contributed by atoms with Gasteiger partial charge in [-0.2, -0.15) is 0 Å². The molecule has 0 spiro atoms. The Bertz CT molecular complexity index is 404. The van der Waals surface area contributed by atoms with Gasteiger partial charge in [0.1, 0.15) is 11.9 Å². The van der Waals surface area contributed by atoms with Gasteiger partial charge in [0.15, 0.2) is 0 Å². The van der Waals surface area contributed by atoms with E-state index < -0.39 is 6.04 Å². The largest absolute Gasteiger partial charge is 0.357 e. The van der Waals surface area contributed by atoms with Crippen LogP contribution in [0.4, 0.5) is 5.82 Å². The number of nitrogens with two attached hydrogens (primary N) is 1. The molecule has 0 aromatic carbocycles. The molecule has 0 aliphatic heterocycles. The Kier molecular flexibility index (Phi) is 4.41. The van der Waals surface area contributed by atoms with Crippen molar-refractivity contribution in [3.8, 4) is 0 Å². The normalized spacial score (nSPS) is 11.5. The van der Waals surface area contributed by atoms with E-state index in [9.17, 15) is 9.59 Å². The second kappa shape index (κ2) is 5.80. The molecule has 1 heterocycles. The minimum atomic E-state index is -0.597. The summed E-state index contributed by atoms with van der Waals surface area (Å²) in [5.74, 6) is 4.99. The van der Waals surface area contributed by atoms with Gasteiger partial charge in [-0.15, -0.1) is 0 Å². The molecule has 0 fully saturated rings. The molecule has 0 radical (unpaired) electrons. The summed E-state index contributed by atoms with van der Waals surface area (Å²) in [6.07, 6.45) is 1.38. The molecule has 92 valence electrons. The van der Waals surface area contributed by atoms with Crippen LogP contribution >= 0.6 is 0 Å². The van der Waals surface area contributed by atoms with Crippen molar-refractivity contribution in [2.75, 3.05) is 12.5 Å². The molecular formula is C10H15N5O2. The molecule has 7 heteroatoms. The Morgan fingerprint density at radius 3 is 2.59 bits per heavy atom. The highest BCUT2D eigenvalue weighted by atomic mass is 16.2. The summed E-state index contributed by atoms with van der Waals surface area (Å²) in [7, 11) is 1.51. The van der Waals surface area contributed by atoms with Gasteiger partial charge in [0.2, 0.25) is 5.91 Å². The highest BCUT2D eigenvalue weighted by Crippen LogP contribution is 2.03. The minimum absolute atomic E-state index is 0.258. The van der Waals surface area contributed by atoms with E-state index in [1.807, 2.05) is 0 Å². The number of carbonyl (C=O) groups excluding carboxylic acids is 2. The third-order valence-electron chi connectivity index (χ3n) is 2.16. The van der Waals surface area contributed by atoms with E-state index in [2.05, 4.69) is 21.0 Å². The van der Waals surface area contributed by atoms with Crippen LogP contribution in [0.15, 0.2) is 18.3 Å². The predicted molar refractivity (Wildman–Crippen MR) is 63.0 cm³/mol. The van der Waals surface area contributed by atoms with Crippen LogP contribution in [0.25, 0.3) is 0 Å². The Balaban J connectivity index is 2.66. The average molecular weight is 237 g/mol. The summed E-state index contributed by atoms with van der Waals surface area (Å²) < 4.78 is 0. The summed E-state index contributed by atoms with van der Waals surface area (Å²) in [4.78, 5) is 26.8. The van der Waals surface area contributed by atoms with Crippen molar-refractivity contribution in [3.05, 3.63) is 23.9 Å². The number of aromatic nitrogens is 1. The van der Waals surface area contributed by atoms with E-state index in [1.54, 1.807) is 19.1 Å². The Morgan fingerprint density at radius 2 is 2.12 bits per heavy atom. The zero-order valence-electron chi connectivity index (χ0n) is 9.65. The molecule has 0 bridgehead atoms.